The largest absolute Gasteiger partial charge is 0.493 e. The van der Waals surface area contributed by atoms with E-state index in [4.69, 9.17) is 14.2 Å². The lowest BCUT2D eigenvalue weighted by molar-refractivity contribution is 0.144. The van der Waals surface area contributed by atoms with Gasteiger partial charge in [-0.2, -0.15) is 0 Å². The van der Waals surface area contributed by atoms with E-state index in [0.717, 1.165) is 0 Å². The average molecular weight is 362 g/mol. The molecule has 2 amide bonds. The second-order valence-corrected chi connectivity index (χ2v) is 5.43. The third kappa shape index (κ3) is 5.93. The van der Waals surface area contributed by atoms with Gasteiger partial charge in [-0.1, -0.05) is 18.2 Å². The van der Waals surface area contributed by atoms with Gasteiger partial charge in [-0.15, -0.1) is 0 Å². The first-order chi connectivity index (χ1) is 12.6. The molecule has 2 rings (SSSR count). The van der Waals surface area contributed by atoms with Crippen LogP contribution in [-0.2, 0) is 11.2 Å². The topological polar surface area (TPSA) is 68.8 Å². The fourth-order valence-electron chi connectivity index (χ4n) is 2.29. The lowest BCUT2D eigenvalue weighted by atomic mass is 10.1. The van der Waals surface area contributed by atoms with Crippen molar-refractivity contribution >= 4 is 11.7 Å². The summed E-state index contributed by atoms with van der Waals surface area (Å²) in [5.74, 6) is 0.794. The molecule has 26 heavy (non-hydrogen) atoms. The van der Waals surface area contributed by atoms with Crippen LogP contribution in [0, 0.1) is 5.82 Å². The number of carbonyl (C=O) groups is 1. The number of halogens is 1. The molecule has 0 aliphatic heterocycles. The van der Waals surface area contributed by atoms with Crippen LogP contribution < -0.4 is 20.1 Å². The first kappa shape index (κ1) is 19.5. The number of nitrogens with one attached hydrogen (secondary N) is 2. The molecule has 0 atom stereocenters. The summed E-state index contributed by atoms with van der Waals surface area (Å²) in [5.41, 5.74) is 1.12. The molecular formula is C19H23FN2O4. The Balaban J connectivity index is 1.87. The monoisotopic (exact) mass is 362 g/mol. The van der Waals surface area contributed by atoms with Crippen molar-refractivity contribution < 1.29 is 23.4 Å². The Hall–Kier alpha value is -2.80. The van der Waals surface area contributed by atoms with Gasteiger partial charge in [0, 0.05) is 25.4 Å². The van der Waals surface area contributed by atoms with Crippen LogP contribution in [0.5, 0.6) is 11.5 Å². The number of ether oxygens (including phenoxy) is 3. The maximum atomic E-state index is 13.5. The molecule has 0 unspecified atom stereocenters. The number of carbonyl (C=O) groups excluding carboxylic acids is 1. The third-order valence-electron chi connectivity index (χ3n) is 3.60. The second kappa shape index (κ2) is 10.2. The number of methoxy groups -OCH3 is 2. The third-order valence-corrected chi connectivity index (χ3v) is 3.60. The van der Waals surface area contributed by atoms with Gasteiger partial charge in [0.1, 0.15) is 12.4 Å². The molecule has 0 bridgehead atoms. The molecular weight excluding hydrogens is 339 g/mol. The fourth-order valence-corrected chi connectivity index (χ4v) is 2.29. The van der Waals surface area contributed by atoms with Crippen molar-refractivity contribution in [3.63, 3.8) is 0 Å². The number of rotatable bonds is 9. The maximum absolute atomic E-state index is 13.5. The summed E-state index contributed by atoms with van der Waals surface area (Å²) in [5, 5.41) is 5.41. The van der Waals surface area contributed by atoms with Crippen LogP contribution in [0.25, 0.3) is 0 Å². The molecule has 2 N–H and O–H groups in total. The van der Waals surface area contributed by atoms with Gasteiger partial charge < -0.3 is 24.8 Å². The second-order valence-electron chi connectivity index (χ2n) is 5.43. The van der Waals surface area contributed by atoms with E-state index in [1.807, 2.05) is 0 Å². The van der Waals surface area contributed by atoms with Crippen molar-refractivity contribution in [3.8, 4) is 11.5 Å². The van der Waals surface area contributed by atoms with Gasteiger partial charge >= 0.3 is 6.03 Å². The standard InChI is InChI=1S/C19H23FN2O4/c1-24-11-12-26-18-13-15(7-8-17(18)25-2)22-19(23)21-10-9-14-5-3-4-6-16(14)20/h3-8,13H,9-12H2,1-2H3,(H2,21,22,23). The fraction of sp³-hybridized carbons (Fsp3) is 0.316. The highest BCUT2D eigenvalue weighted by molar-refractivity contribution is 5.89. The molecule has 2 aromatic rings. The number of anilines is 1. The Kier molecular flexibility index (Phi) is 7.70. The highest BCUT2D eigenvalue weighted by Gasteiger charge is 2.08. The SMILES string of the molecule is COCCOc1cc(NC(=O)NCCc2ccccc2F)ccc1OC. The lowest BCUT2D eigenvalue weighted by Gasteiger charge is -2.13. The Morgan fingerprint density at radius 1 is 1.08 bits per heavy atom. The van der Waals surface area contributed by atoms with Gasteiger partial charge in [0.15, 0.2) is 11.5 Å². The van der Waals surface area contributed by atoms with Crippen LogP contribution >= 0.6 is 0 Å². The van der Waals surface area contributed by atoms with Crippen LogP contribution in [0.3, 0.4) is 0 Å². The zero-order chi connectivity index (χ0) is 18.8. The summed E-state index contributed by atoms with van der Waals surface area (Å²) >= 11 is 0. The van der Waals surface area contributed by atoms with Gasteiger partial charge in [-0.25, -0.2) is 9.18 Å². The van der Waals surface area contributed by atoms with Gasteiger partial charge in [-0.05, 0) is 30.2 Å². The van der Waals surface area contributed by atoms with Gasteiger partial charge in [0.2, 0.25) is 0 Å². The summed E-state index contributed by atoms with van der Waals surface area (Å²) in [6, 6.07) is 11.2. The molecule has 0 saturated heterocycles. The normalized spacial score (nSPS) is 10.3. The summed E-state index contributed by atoms with van der Waals surface area (Å²) in [4.78, 5) is 12.0. The molecule has 0 fully saturated rings. The Labute approximate surface area is 152 Å². The minimum Gasteiger partial charge on any atom is -0.493 e. The van der Waals surface area contributed by atoms with Crippen molar-refractivity contribution in [2.24, 2.45) is 0 Å². The Bertz CT molecular complexity index is 724. The molecule has 0 aromatic heterocycles. The van der Waals surface area contributed by atoms with E-state index in [1.54, 1.807) is 50.6 Å². The van der Waals surface area contributed by atoms with Crippen LogP contribution in [0.15, 0.2) is 42.5 Å². The van der Waals surface area contributed by atoms with E-state index in [1.165, 1.54) is 6.07 Å². The molecule has 0 aliphatic rings. The Morgan fingerprint density at radius 3 is 2.62 bits per heavy atom. The van der Waals surface area contributed by atoms with Crippen LogP contribution in [0.4, 0.5) is 14.9 Å². The van der Waals surface area contributed by atoms with Crippen LogP contribution in [0.2, 0.25) is 0 Å². The minimum absolute atomic E-state index is 0.275. The predicted molar refractivity (Wildman–Crippen MR) is 97.5 cm³/mol. The van der Waals surface area contributed by atoms with E-state index >= 15 is 0 Å². The molecule has 0 saturated carbocycles. The van der Waals surface area contributed by atoms with Crippen molar-refractivity contribution in [2.45, 2.75) is 6.42 Å². The molecule has 0 radical (unpaired) electrons. The molecule has 2 aromatic carbocycles. The first-order valence-corrected chi connectivity index (χ1v) is 8.22. The van der Waals surface area contributed by atoms with E-state index in [0.29, 0.717) is 48.9 Å². The van der Waals surface area contributed by atoms with Crippen molar-refractivity contribution in [3.05, 3.63) is 53.8 Å². The molecule has 0 spiro atoms. The van der Waals surface area contributed by atoms with Crippen LogP contribution in [-0.4, -0.2) is 40.0 Å². The molecule has 6 nitrogen and oxygen atoms in total. The number of urea groups is 1. The van der Waals surface area contributed by atoms with E-state index in [9.17, 15) is 9.18 Å². The van der Waals surface area contributed by atoms with Crippen LogP contribution in [0.1, 0.15) is 5.56 Å². The van der Waals surface area contributed by atoms with Crippen molar-refractivity contribution in [1.82, 2.24) is 5.32 Å². The summed E-state index contributed by atoms with van der Waals surface area (Å²) in [6.07, 6.45) is 0.411. The first-order valence-electron chi connectivity index (χ1n) is 8.22. The summed E-state index contributed by atoms with van der Waals surface area (Å²) < 4.78 is 29.3. The zero-order valence-electron chi connectivity index (χ0n) is 14.9. The number of amides is 2. The number of benzene rings is 2. The van der Waals surface area contributed by atoms with Crippen molar-refractivity contribution in [2.75, 3.05) is 39.3 Å². The minimum atomic E-state index is -0.380. The zero-order valence-corrected chi connectivity index (χ0v) is 14.9. The number of hydrogen-bond donors (Lipinski definition) is 2. The van der Waals surface area contributed by atoms with Gasteiger partial charge in [0.05, 0.1) is 13.7 Å². The summed E-state index contributed by atoms with van der Waals surface area (Å²) in [7, 11) is 3.13. The highest BCUT2D eigenvalue weighted by atomic mass is 19.1. The van der Waals surface area contributed by atoms with Gasteiger partial charge in [-0.3, -0.25) is 0 Å². The van der Waals surface area contributed by atoms with Crippen molar-refractivity contribution in [1.29, 1.82) is 0 Å². The van der Waals surface area contributed by atoms with E-state index in [2.05, 4.69) is 10.6 Å². The maximum Gasteiger partial charge on any atom is 0.319 e. The average Bonchev–Trinajstić information content (AvgIpc) is 2.64. The predicted octanol–water partition coefficient (Wildman–Crippen LogP) is 3.22. The molecule has 0 aliphatic carbocycles. The Morgan fingerprint density at radius 2 is 1.88 bits per heavy atom. The molecule has 140 valence electrons. The van der Waals surface area contributed by atoms with E-state index in [-0.39, 0.29) is 11.8 Å². The summed E-state index contributed by atoms with van der Waals surface area (Å²) in [6.45, 7) is 1.13. The highest BCUT2D eigenvalue weighted by Crippen LogP contribution is 2.30. The smallest absolute Gasteiger partial charge is 0.319 e. The lowest BCUT2D eigenvalue weighted by Crippen LogP contribution is -2.30. The molecule has 7 heteroatoms. The molecule has 0 heterocycles. The number of hydrogen-bond acceptors (Lipinski definition) is 4. The van der Waals surface area contributed by atoms with Gasteiger partial charge in [0.25, 0.3) is 0 Å². The quantitative estimate of drug-likeness (QED) is 0.672. The van der Waals surface area contributed by atoms with E-state index < -0.39 is 0 Å².